The van der Waals surface area contributed by atoms with Crippen LogP contribution in [-0.2, 0) is 4.79 Å². The number of Topliss-reactive ketones (excluding diaryl/α,β-unsaturated/α-hetero) is 1. The molecule has 0 bridgehead atoms. The Morgan fingerprint density at radius 3 is 2.55 bits per heavy atom. The van der Waals surface area contributed by atoms with Gasteiger partial charge in [0.2, 0.25) is 0 Å². The molecule has 1 aromatic carbocycles. The minimum Gasteiger partial charge on any atom is -0.318 e. The molecule has 11 heavy (non-hydrogen) atoms. The molecule has 1 N–H and O–H groups in total. The van der Waals surface area contributed by atoms with Crippen molar-refractivity contribution in [1.82, 2.24) is 0 Å². The molecule has 0 atom stereocenters. The summed E-state index contributed by atoms with van der Waals surface area (Å²) in [7, 11) is 0. The van der Waals surface area contributed by atoms with E-state index in [0.717, 1.165) is 0 Å². The second-order valence-electron chi connectivity index (χ2n) is 2.33. The van der Waals surface area contributed by atoms with Gasteiger partial charge in [0.05, 0.1) is 11.3 Å². The highest BCUT2D eigenvalue weighted by Crippen LogP contribution is 2.21. The monoisotopic (exact) mass is 153 g/mol. The maximum Gasteiger partial charge on any atom is 0.296 e. The van der Waals surface area contributed by atoms with E-state index in [0.29, 0.717) is 11.3 Å². The molecular weight excluding hydrogens is 148 g/mol. The van der Waals surface area contributed by atoms with Crippen LogP contribution in [0.5, 0.6) is 0 Å². The van der Waals surface area contributed by atoms with Gasteiger partial charge in [-0.05, 0) is 12.1 Å². The lowest BCUT2D eigenvalue weighted by Gasteiger charge is -1.91. The topological polar surface area (TPSA) is 46.2 Å². The molecule has 0 saturated heterocycles. The van der Waals surface area contributed by atoms with Gasteiger partial charge < -0.3 is 5.32 Å². The summed E-state index contributed by atoms with van der Waals surface area (Å²) in [5.74, 6) is -0.980. The van der Waals surface area contributed by atoms with Gasteiger partial charge in [-0.25, -0.2) is 0 Å². The Hall–Kier alpha value is -1.64. The van der Waals surface area contributed by atoms with Gasteiger partial charge in [-0.3, -0.25) is 9.59 Å². The normalized spacial score (nSPS) is 14.5. The first-order valence-corrected chi connectivity index (χ1v) is 3.24. The summed E-state index contributed by atoms with van der Waals surface area (Å²) in [5.41, 5.74) is 1.08. The molecule has 0 unspecified atom stereocenters. The van der Waals surface area contributed by atoms with Gasteiger partial charge in [0.25, 0.3) is 11.7 Å². The highest BCUT2D eigenvalue weighted by molar-refractivity contribution is 6.51. The van der Waals surface area contributed by atoms with Gasteiger partial charge in [-0.15, -0.1) is 0 Å². The minimum atomic E-state index is -0.536. The highest BCUT2D eigenvalue weighted by atomic mass is 16.2. The lowest BCUT2D eigenvalue weighted by molar-refractivity contribution is -0.112. The van der Waals surface area contributed by atoms with Crippen LogP contribution in [0.1, 0.15) is 10.4 Å². The number of hydrogen-bond donors (Lipinski definition) is 1. The zero-order valence-electron chi connectivity index (χ0n) is 5.63. The second-order valence-corrected chi connectivity index (χ2v) is 2.33. The number of anilines is 1. The summed E-state index contributed by atoms with van der Waals surface area (Å²) in [6.45, 7) is 0. The highest BCUT2D eigenvalue weighted by Gasteiger charge is 2.26. The minimum absolute atomic E-state index is 0.444. The van der Waals surface area contributed by atoms with Crippen molar-refractivity contribution >= 4 is 17.4 Å². The van der Waals surface area contributed by atoms with Gasteiger partial charge in [0.1, 0.15) is 0 Å². The third-order valence-corrected chi connectivity index (χ3v) is 1.63. The van der Waals surface area contributed by atoms with Crippen molar-refractivity contribution in [2.75, 3.05) is 5.32 Å². The van der Waals surface area contributed by atoms with Crippen LogP contribution in [0.3, 0.4) is 0 Å². The molecule has 1 aliphatic rings. The van der Waals surface area contributed by atoms with Crippen molar-refractivity contribution < 1.29 is 9.59 Å². The molecule has 1 aliphatic heterocycles. The molecule has 54 valence electrons. The van der Waals surface area contributed by atoms with E-state index < -0.39 is 11.7 Å². The van der Waals surface area contributed by atoms with Gasteiger partial charge in [0.15, 0.2) is 0 Å². The molecule has 0 aromatic heterocycles. The summed E-state index contributed by atoms with van der Waals surface area (Å²) in [6.07, 6.45) is 0. The predicted octanol–water partition coefficient (Wildman–Crippen LogP) is 0.821. The first-order chi connectivity index (χ1) is 5.29. The number of rotatable bonds is 0. The summed E-state index contributed by atoms with van der Waals surface area (Å²) < 4.78 is 0. The Kier molecular flexibility index (Phi) is 1.06. The van der Waals surface area contributed by atoms with Crippen LogP contribution in [0.15, 0.2) is 24.3 Å². The van der Waals surface area contributed by atoms with E-state index in [1.54, 1.807) is 24.3 Å². The van der Waals surface area contributed by atoms with E-state index in [1.165, 1.54) is 0 Å². The first-order valence-electron chi connectivity index (χ1n) is 3.24. The number of amides is 1. The molecule has 1 amide bonds. The smallest absolute Gasteiger partial charge is 0.296 e. The van der Waals surface area contributed by atoms with Crippen LogP contribution in [0, 0.1) is 0 Å². The number of benzene rings is 1. The Morgan fingerprint density at radius 2 is 1.82 bits per heavy atom. The summed E-state index contributed by atoms with van der Waals surface area (Å²) in [6, 6.07) is 6.85. The van der Waals surface area contributed by atoms with E-state index >= 15 is 0 Å². The fourth-order valence-electron chi connectivity index (χ4n) is 1.09. The van der Waals surface area contributed by atoms with Gasteiger partial charge in [-0.2, -0.15) is 0 Å². The molecule has 0 fully saturated rings. The van der Waals surface area contributed by atoms with Gasteiger partial charge >= 0.3 is 0 Å². The molecule has 0 spiro atoms. The number of carbonyl (C=O) groups is 2. The maximum atomic E-state index is 11.0. The molecule has 0 saturated carbocycles. The largest absolute Gasteiger partial charge is 0.318 e. The zero-order chi connectivity index (χ0) is 7.84. The van der Waals surface area contributed by atoms with E-state index in [-0.39, 0.29) is 0 Å². The first kappa shape index (κ1) is 6.09. The second kappa shape index (κ2) is 1.92. The number of para-hydroxylation sites is 1. The Labute approximate surface area is 63.0 Å². The zero-order valence-corrected chi connectivity index (χ0v) is 5.63. The maximum absolute atomic E-state index is 11.0. The Balaban J connectivity index is 2.64. The molecular formula is C8H5NO2. The average molecular weight is 153 g/mol. The van der Waals surface area contributed by atoms with Crippen molar-refractivity contribution in [3.63, 3.8) is 0 Å². The predicted molar refractivity (Wildman–Crippen MR) is 39.4 cm³/mol. The van der Waals surface area contributed by atoms with Crippen molar-refractivity contribution in [2.24, 2.45) is 0 Å². The van der Waals surface area contributed by atoms with Gasteiger partial charge in [-0.1, -0.05) is 12.1 Å². The molecule has 0 aliphatic carbocycles. The standard InChI is InChI=1S/C8H5NO2/c10-7-5-3-1-2-4-6(5)9-8(7)11/h1-4H,(H,9,10,11)/i1+1,2+1,3+1,4+1,5+1,6+1. The fourth-order valence-corrected chi connectivity index (χ4v) is 1.09. The van der Waals surface area contributed by atoms with Crippen molar-refractivity contribution in [3.05, 3.63) is 29.8 Å². The lowest BCUT2D eigenvalue weighted by Crippen LogP contribution is -2.12. The van der Waals surface area contributed by atoms with E-state index in [9.17, 15) is 9.59 Å². The molecule has 1 aromatic rings. The molecule has 3 nitrogen and oxygen atoms in total. The Morgan fingerprint density at radius 1 is 1.09 bits per heavy atom. The van der Waals surface area contributed by atoms with Gasteiger partial charge in [0, 0.05) is 0 Å². The average Bonchev–Trinajstić information content (AvgIpc) is 2.30. The number of hydrogen-bond acceptors (Lipinski definition) is 2. The Bertz CT molecular complexity index is 344. The molecule has 2 rings (SSSR count). The third-order valence-electron chi connectivity index (χ3n) is 1.63. The van der Waals surface area contributed by atoms with E-state index in [2.05, 4.69) is 5.32 Å². The molecule has 3 heteroatoms. The summed E-state index contributed by atoms with van der Waals surface area (Å²) in [5, 5.41) is 2.46. The number of ketones is 1. The molecule has 1 heterocycles. The van der Waals surface area contributed by atoms with Crippen LogP contribution in [0.25, 0.3) is 0 Å². The van der Waals surface area contributed by atoms with Crippen molar-refractivity contribution in [2.45, 2.75) is 0 Å². The van der Waals surface area contributed by atoms with Crippen LogP contribution >= 0.6 is 0 Å². The van der Waals surface area contributed by atoms with Crippen LogP contribution in [0.2, 0.25) is 0 Å². The number of nitrogens with one attached hydrogen (secondary N) is 1. The molecule has 0 radical (unpaired) electrons. The number of carbonyl (C=O) groups excluding carboxylic acids is 2. The van der Waals surface area contributed by atoms with Crippen molar-refractivity contribution in [1.29, 1.82) is 0 Å². The van der Waals surface area contributed by atoms with Crippen LogP contribution in [-0.4, -0.2) is 11.7 Å². The van der Waals surface area contributed by atoms with Crippen LogP contribution < -0.4 is 5.32 Å². The SMILES string of the molecule is O=C1N[13c]2[13cH][13cH][13cH][13cH][13c]2C1=O. The third kappa shape index (κ3) is 0.741. The van der Waals surface area contributed by atoms with Crippen LogP contribution in [0.4, 0.5) is 5.69 Å². The lowest BCUT2D eigenvalue weighted by atomic mass is 10.5. The van der Waals surface area contributed by atoms with Crippen molar-refractivity contribution in [3.8, 4) is 0 Å². The fraction of sp³-hybridized carbons (Fsp3) is 0. The van der Waals surface area contributed by atoms with E-state index in [1.807, 2.05) is 0 Å². The number of fused-ring (bicyclic) bond motifs is 1. The quantitative estimate of drug-likeness (QED) is 0.561. The van der Waals surface area contributed by atoms with E-state index in [4.69, 9.17) is 0 Å². The summed E-state index contributed by atoms with van der Waals surface area (Å²) in [4.78, 5) is 21.8. The summed E-state index contributed by atoms with van der Waals surface area (Å²) >= 11 is 0.